The molecule has 0 heterocycles. The minimum Gasteiger partial charge on any atom is -1.00 e. The summed E-state index contributed by atoms with van der Waals surface area (Å²) in [6.45, 7) is 1.41. The van der Waals surface area contributed by atoms with E-state index >= 15 is 0 Å². The largest absolute Gasteiger partial charge is 1.00 e. The number of halogens is 1. The lowest BCUT2D eigenvalue weighted by molar-refractivity contribution is -0.00000851. The number of aryl methyl sites for hydroxylation is 1. The van der Waals surface area contributed by atoms with Gasteiger partial charge < -0.3 is 26.5 Å². The molecular weight excluding hydrogens is 575 g/mol. The van der Waals surface area contributed by atoms with Crippen LogP contribution in [0.15, 0.2) is 146 Å². The Morgan fingerprint density at radius 3 is 1.23 bits per heavy atom. The van der Waals surface area contributed by atoms with Crippen LogP contribution in [-0.4, -0.2) is 19.4 Å². The Balaban J connectivity index is 0.00000370. The second-order valence-electron chi connectivity index (χ2n) is 9.65. The maximum absolute atomic E-state index is 6.02. The first-order valence-corrected chi connectivity index (χ1v) is 15.8. The van der Waals surface area contributed by atoms with E-state index in [2.05, 4.69) is 115 Å². The summed E-state index contributed by atoms with van der Waals surface area (Å²) in [7, 11) is -1.82. The van der Waals surface area contributed by atoms with Crippen molar-refractivity contribution >= 4 is 23.2 Å². The molecule has 5 rings (SSSR count). The van der Waals surface area contributed by atoms with Gasteiger partial charge in [-0.3, -0.25) is 0 Å². The highest BCUT2D eigenvalue weighted by Crippen LogP contribution is 2.55. The molecule has 204 valence electrons. The maximum Gasteiger partial charge on any atom is 0.119 e. The summed E-state index contributed by atoms with van der Waals surface area (Å²) in [5.74, 6) is 1.85. The molecule has 0 unspecified atom stereocenters. The van der Waals surface area contributed by atoms with E-state index in [4.69, 9.17) is 9.47 Å². The number of para-hydroxylation sites is 1. The van der Waals surface area contributed by atoms with Gasteiger partial charge in [-0.2, -0.15) is 0 Å². The Labute approximate surface area is 250 Å². The summed E-state index contributed by atoms with van der Waals surface area (Å²) in [4.78, 5) is 0. The lowest BCUT2D eigenvalue weighted by Gasteiger charge is -2.27. The number of benzene rings is 5. The second kappa shape index (κ2) is 15.4. The topological polar surface area (TPSA) is 18.5 Å². The standard InChI is InChI=1S/C36H36O2P.BrH/c1-5-15-32(16-6-1)37-28-13-14-29-38-33-25-23-31(24-26-33)27-30-39(34-17-7-2-8-18-34,35-19-9-3-10-20-35)36-21-11-4-12-22-36;/h1-12,15-26H,13-14,27-30H2;1H/q+1;/p-1. The van der Waals surface area contributed by atoms with Crippen LogP contribution in [0.4, 0.5) is 0 Å². The zero-order valence-electron chi connectivity index (χ0n) is 22.7. The first-order valence-electron chi connectivity index (χ1n) is 13.8. The molecule has 0 radical (unpaired) electrons. The van der Waals surface area contributed by atoms with E-state index in [-0.39, 0.29) is 17.0 Å². The summed E-state index contributed by atoms with van der Waals surface area (Å²) in [6, 6.07) is 51.9. The molecule has 0 amide bonds. The molecular formula is C36H36BrO2P. The molecule has 2 nitrogen and oxygen atoms in total. The predicted octanol–water partition coefficient (Wildman–Crippen LogP) is 4.47. The van der Waals surface area contributed by atoms with Crippen molar-refractivity contribution in [2.24, 2.45) is 0 Å². The first-order chi connectivity index (χ1) is 19.3. The van der Waals surface area contributed by atoms with Gasteiger partial charge in [-0.15, -0.1) is 0 Å². The van der Waals surface area contributed by atoms with Gasteiger partial charge in [0.25, 0.3) is 0 Å². The van der Waals surface area contributed by atoms with Gasteiger partial charge >= 0.3 is 0 Å². The van der Waals surface area contributed by atoms with Gasteiger partial charge in [0.15, 0.2) is 0 Å². The Kier molecular flexibility index (Phi) is 11.4. The number of ether oxygens (including phenoxy) is 2. The van der Waals surface area contributed by atoms with Crippen LogP contribution in [0.1, 0.15) is 18.4 Å². The third-order valence-electron chi connectivity index (χ3n) is 7.07. The van der Waals surface area contributed by atoms with Crippen molar-refractivity contribution in [2.45, 2.75) is 19.3 Å². The van der Waals surface area contributed by atoms with Gasteiger partial charge in [-0.1, -0.05) is 84.9 Å². The summed E-state index contributed by atoms with van der Waals surface area (Å²) < 4.78 is 11.8. The average molecular weight is 612 g/mol. The van der Waals surface area contributed by atoms with Gasteiger partial charge in [0.05, 0.1) is 19.4 Å². The van der Waals surface area contributed by atoms with Crippen LogP contribution in [0.5, 0.6) is 11.5 Å². The minimum atomic E-state index is -1.82. The smallest absolute Gasteiger partial charge is 0.119 e. The third kappa shape index (κ3) is 7.62. The van der Waals surface area contributed by atoms with Gasteiger partial charge in [0.2, 0.25) is 0 Å². The molecule has 0 aliphatic heterocycles. The zero-order chi connectivity index (χ0) is 26.6. The lowest BCUT2D eigenvalue weighted by atomic mass is 10.2. The Morgan fingerprint density at radius 1 is 0.425 bits per heavy atom. The maximum atomic E-state index is 6.02. The van der Waals surface area contributed by atoms with Crippen molar-refractivity contribution in [3.8, 4) is 11.5 Å². The van der Waals surface area contributed by atoms with Gasteiger partial charge in [0.1, 0.15) is 34.7 Å². The van der Waals surface area contributed by atoms with E-state index in [0.29, 0.717) is 13.2 Å². The highest BCUT2D eigenvalue weighted by molar-refractivity contribution is 7.95. The Bertz CT molecular complexity index is 1280. The Morgan fingerprint density at radius 2 is 0.800 bits per heavy atom. The van der Waals surface area contributed by atoms with Gasteiger partial charge in [-0.25, -0.2) is 0 Å². The fraction of sp³-hybridized carbons (Fsp3) is 0.167. The summed E-state index contributed by atoms with van der Waals surface area (Å²) in [5, 5.41) is 4.29. The van der Waals surface area contributed by atoms with Crippen molar-refractivity contribution in [1.82, 2.24) is 0 Å². The van der Waals surface area contributed by atoms with Gasteiger partial charge in [-0.05, 0) is 79.1 Å². The normalized spacial score (nSPS) is 10.9. The average Bonchev–Trinajstić information content (AvgIpc) is 3.02. The minimum absolute atomic E-state index is 0. The van der Waals surface area contributed by atoms with E-state index in [0.717, 1.165) is 36.9 Å². The highest BCUT2D eigenvalue weighted by Gasteiger charge is 2.44. The molecule has 5 aromatic carbocycles. The zero-order valence-corrected chi connectivity index (χ0v) is 25.2. The van der Waals surface area contributed by atoms with Crippen LogP contribution in [0.2, 0.25) is 0 Å². The lowest BCUT2D eigenvalue weighted by Crippen LogP contribution is -3.00. The molecule has 0 aliphatic carbocycles. The van der Waals surface area contributed by atoms with E-state index < -0.39 is 7.26 Å². The fourth-order valence-corrected chi connectivity index (χ4v) is 9.34. The van der Waals surface area contributed by atoms with E-state index in [1.807, 2.05) is 30.3 Å². The SMILES string of the molecule is [Br-].c1ccc(OCCCCOc2ccc(CC[P+](c3ccccc3)(c3ccccc3)c3ccccc3)cc2)cc1. The van der Waals surface area contributed by atoms with Crippen LogP contribution in [0, 0.1) is 0 Å². The summed E-state index contributed by atoms with van der Waals surface area (Å²) in [5.41, 5.74) is 1.34. The number of hydrogen-bond donors (Lipinski definition) is 0. The monoisotopic (exact) mass is 610 g/mol. The first kappa shape index (κ1) is 29.6. The third-order valence-corrected chi connectivity index (χ3v) is 11.5. The highest BCUT2D eigenvalue weighted by atomic mass is 79.9. The Hall–Kier alpha value is -3.39. The fourth-order valence-electron chi connectivity index (χ4n) is 5.03. The molecule has 0 spiro atoms. The van der Waals surface area contributed by atoms with E-state index in [1.165, 1.54) is 21.5 Å². The number of hydrogen-bond acceptors (Lipinski definition) is 2. The van der Waals surface area contributed by atoms with Crippen LogP contribution >= 0.6 is 7.26 Å². The number of rotatable bonds is 13. The molecule has 0 bridgehead atoms. The summed E-state index contributed by atoms with van der Waals surface area (Å²) >= 11 is 0. The van der Waals surface area contributed by atoms with Crippen LogP contribution in [0.25, 0.3) is 0 Å². The molecule has 5 aromatic rings. The molecule has 0 saturated carbocycles. The molecule has 0 N–H and O–H groups in total. The van der Waals surface area contributed by atoms with Crippen molar-refractivity contribution in [3.63, 3.8) is 0 Å². The van der Waals surface area contributed by atoms with Crippen LogP contribution in [0.3, 0.4) is 0 Å². The predicted molar refractivity (Wildman–Crippen MR) is 167 cm³/mol. The molecule has 0 fully saturated rings. The summed E-state index contributed by atoms with van der Waals surface area (Å²) in [6.07, 6.45) is 4.01. The van der Waals surface area contributed by atoms with Crippen molar-refractivity contribution < 1.29 is 26.5 Å². The molecule has 40 heavy (non-hydrogen) atoms. The second-order valence-corrected chi connectivity index (χ2v) is 13.3. The molecule has 0 saturated heterocycles. The van der Waals surface area contributed by atoms with E-state index in [1.54, 1.807) is 0 Å². The quantitative estimate of drug-likeness (QED) is 0.145. The van der Waals surface area contributed by atoms with Crippen LogP contribution in [-0.2, 0) is 6.42 Å². The van der Waals surface area contributed by atoms with Gasteiger partial charge in [0, 0.05) is 6.42 Å². The van der Waals surface area contributed by atoms with Crippen molar-refractivity contribution in [2.75, 3.05) is 19.4 Å². The molecule has 0 aliphatic rings. The molecule has 0 aromatic heterocycles. The number of unbranched alkanes of at least 4 members (excludes halogenated alkanes) is 1. The van der Waals surface area contributed by atoms with Crippen molar-refractivity contribution in [1.29, 1.82) is 0 Å². The molecule has 4 heteroatoms. The van der Waals surface area contributed by atoms with Crippen molar-refractivity contribution in [3.05, 3.63) is 151 Å². The van der Waals surface area contributed by atoms with E-state index in [9.17, 15) is 0 Å². The molecule has 0 atom stereocenters. The van der Waals surface area contributed by atoms with Crippen LogP contribution < -0.4 is 42.4 Å².